The van der Waals surface area contributed by atoms with Crippen LogP contribution in [0.15, 0.2) is 72.8 Å². The van der Waals surface area contributed by atoms with Crippen LogP contribution in [-0.2, 0) is 0 Å². The van der Waals surface area contributed by atoms with E-state index in [2.05, 4.69) is 5.32 Å². The van der Waals surface area contributed by atoms with Crippen molar-refractivity contribution < 1.29 is 19.1 Å². The number of benzene rings is 3. The Hall–Kier alpha value is -3.93. The summed E-state index contributed by atoms with van der Waals surface area (Å²) in [6.07, 6.45) is 0.876. The van der Waals surface area contributed by atoms with E-state index in [0.717, 1.165) is 11.3 Å². The van der Waals surface area contributed by atoms with Crippen LogP contribution in [0.2, 0.25) is 0 Å². The smallest absolute Gasteiger partial charge is 0.266 e. The van der Waals surface area contributed by atoms with E-state index in [0.29, 0.717) is 40.4 Å². The minimum absolute atomic E-state index is 0.309. The van der Waals surface area contributed by atoms with Gasteiger partial charge in [0.05, 0.1) is 23.4 Å². The van der Waals surface area contributed by atoms with Crippen molar-refractivity contribution in [1.82, 2.24) is 0 Å². The Balaban J connectivity index is 1.54. The third-order valence-corrected chi connectivity index (χ3v) is 4.73. The molecule has 0 atom stereocenters. The molecular formula is C24H20N2O4. The molecule has 0 radical (unpaired) electrons. The van der Waals surface area contributed by atoms with Gasteiger partial charge in [0.25, 0.3) is 17.7 Å². The molecule has 1 N–H and O–H groups in total. The van der Waals surface area contributed by atoms with Crippen LogP contribution in [0.4, 0.5) is 11.4 Å². The molecule has 0 fully saturated rings. The predicted octanol–water partition coefficient (Wildman–Crippen LogP) is 4.53. The van der Waals surface area contributed by atoms with Crippen molar-refractivity contribution in [2.45, 2.75) is 13.3 Å². The number of anilines is 2. The van der Waals surface area contributed by atoms with E-state index in [1.165, 1.54) is 0 Å². The largest absolute Gasteiger partial charge is 0.494 e. The van der Waals surface area contributed by atoms with Crippen molar-refractivity contribution in [3.63, 3.8) is 0 Å². The summed E-state index contributed by atoms with van der Waals surface area (Å²) < 4.78 is 5.58. The van der Waals surface area contributed by atoms with E-state index in [4.69, 9.17) is 4.74 Å². The Labute approximate surface area is 174 Å². The Kier molecular flexibility index (Phi) is 5.30. The lowest BCUT2D eigenvalue weighted by molar-refractivity contribution is 0.0925. The summed E-state index contributed by atoms with van der Waals surface area (Å²) >= 11 is 0. The lowest BCUT2D eigenvalue weighted by atomic mass is 10.1. The Morgan fingerprint density at radius 3 is 2.30 bits per heavy atom. The highest BCUT2D eigenvalue weighted by atomic mass is 16.5. The first-order valence-electron chi connectivity index (χ1n) is 9.70. The second-order valence-electron chi connectivity index (χ2n) is 6.87. The van der Waals surface area contributed by atoms with Crippen molar-refractivity contribution in [2.24, 2.45) is 0 Å². The molecule has 3 aromatic rings. The number of hydrogen-bond acceptors (Lipinski definition) is 4. The van der Waals surface area contributed by atoms with Crippen LogP contribution in [0.5, 0.6) is 5.75 Å². The van der Waals surface area contributed by atoms with Gasteiger partial charge in [0, 0.05) is 11.3 Å². The molecule has 0 spiro atoms. The number of nitrogens with one attached hydrogen (secondary N) is 1. The van der Waals surface area contributed by atoms with Crippen molar-refractivity contribution in [3.05, 3.63) is 89.5 Å². The van der Waals surface area contributed by atoms with Crippen LogP contribution >= 0.6 is 0 Å². The van der Waals surface area contributed by atoms with Crippen LogP contribution in [0.25, 0.3) is 0 Å². The van der Waals surface area contributed by atoms with E-state index < -0.39 is 0 Å². The molecule has 0 aromatic heterocycles. The first kappa shape index (κ1) is 19.4. The number of ether oxygens (including phenoxy) is 1. The molecule has 150 valence electrons. The fourth-order valence-corrected chi connectivity index (χ4v) is 3.30. The molecule has 30 heavy (non-hydrogen) atoms. The summed E-state index contributed by atoms with van der Waals surface area (Å²) in [6.45, 7) is 2.59. The van der Waals surface area contributed by atoms with E-state index in [1.54, 1.807) is 72.8 Å². The molecule has 3 amide bonds. The quantitative estimate of drug-likeness (QED) is 0.617. The zero-order valence-corrected chi connectivity index (χ0v) is 16.4. The van der Waals surface area contributed by atoms with Gasteiger partial charge in [0.15, 0.2) is 0 Å². The molecule has 1 heterocycles. The van der Waals surface area contributed by atoms with Crippen molar-refractivity contribution >= 4 is 29.1 Å². The highest BCUT2D eigenvalue weighted by Crippen LogP contribution is 2.30. The Morgan fingerprint density at radius 1 is 0.900 bits per heavy atom. The van der Waals surface area contributed by atoms with Crippen LogP contribution < -0.4 is 15.0 Å². The SMILES string of the molecule is CCCOc1cccc(C(=O)Nc2cccc(N3C(=O)c4ccccc4C3=O)c2)c1. The fourth-order valence-electron chi connectivity index (χ4n) is 3.30. The van der Waals surface area contributed by atoms with Crippen LogP contribution in [0.3, 0.4) is 0 Å². The summed E-state index contributed by atoms with van der Waals surface area (Å²) in [5, 5.41) is 2.81. The van der Waals surface area contributed by atoms with Gasteiger partial charge < -0.3 is 10.1 Å². The molecule has 0 saturated heterocycles. The molecule has 3 aromatic carbocycles. The normalized spacial score (nSPS) is 12.6. The maximum Gasteiger partial charge on any atom is 0.266 e. The summed E-state index contributed by atoms with van der Waals surface area (Å²) in [5.74, 6) is -0.430. The summed E-state index contributed by atoms with van der Waals surface area (Å²) in [4.78, 5) is 39.2. The number of imide groups is 1. The number of hydrogen-bond donors (Lipinski definition) is 1. The number of nitrogens with zero attached hydrogens (tertiary/aromatic N) is 1. The summed E-state index contributed by atoms with van der Waals surface area (Å²) in [6, 6.07) is 20.3. The van der Waals surface area contributed by atoms with E-state index in [1.807, 2.05) is 6.92 Å². The predicted molar refractivity (Wildman–Crippen MR) is 114 cm³/mol. The van der Waals surface area contributed by atoms with Gasteiger partial charge in [-0.15, -0.1) is 0 Å². The molecule has 4 rings (SSSR count). The topological polar surface area (TPSA) is 75.7 Å². The van der Waals surface area contributed by atoms with Crippen LogP contribution in [0, 0.1) is 0 Å². The maximum atomic E-state index is 12.7. The molecule has 1 aliphatic heterocycles. The average Bonchev–Trinajstić information content (AvgIpc) is 3.03. The Bertz CT molecular complexity index is 1100. The molecule has 6 heteroatoms. The zero-order chi connectivity index (χ0) is 21.1. The molecule has 0 bridgehead atoms. The van der Waals surface area contributed by atoms with Gasteiger partial charge in [-0.3, -0.25) is 14.4 Å². The number of rotatable bonds is 6. The third kappa shape index (κ3) is 3.67. The van der Waals surface area contributed by atoms with Gasteiger partial charge in [0.1, 0.15) is 5.75 Å². The first-order chi connectivity index (χ1) is 14.6. The van der Waals surface area contributed by atoms with Gasteiger partial charge in [-0.05, 0) is 55.0 Å². The molecule has 0 saturated carbocycles. The van der Waals surface area contributed by atoms with Gasteiger partial charge >= 0.3 is 0 Å². The Morgan fingerprint density at radius 2 is 1.60 bits per heavy atom. The molecule has 0 unspecified atom stereocenters. The highest BCUT2D eigenvalue weighted by molar-refractivity contribution is 6.34. The van der Waals surface area contributed by atoms with E-state index >= 15 is 0 Å². The minimum atomic E-state index is -0.375. The van der Waals surface area contributed by atoms with Gasteiger partial charge in [-0.1, -0.05) is 31.2 Å². The molecular weight excluding hydrogens is 380 g/mol. The third-order valence-electron chi connectivity index (χ3n) is 4.73. The van der Waals surface area contributed by atoms with Crippen molar-refractivity contribution in [3.8, 4) is 5.75 Å². The fraction of sp³-hybridized carbons (Fsp3) is 0.125. The molecule has 1 aliphatic rings. The van der Waals surface area contributed by atoms with Crippen molar-refractivity contribution in [2.75, 3.05) is 16.8 Å². The van der Waals surface area contributed by atoms with Crippen LogP contribution in [-0.4, -0.2) is 24.3 Å². The second-order valence-corrected chi connectivity index (χ2v) is 6.87. The highest BCUT2D eigenvalue weighted by Gasteiger charge is 2.36. The number of carbonyl (C=O) groups excluding carboxylic acids is 3. The lowest BCUT2D eigenvalue weighted by Crippen LogP contribution is -2.29. The van der Waals surface area contributed by atoms with Gasteiger partial charge in [0.2, 0.25) is 0 Å². The van der Waals surface area contributed by atoms with E-state index in [-0.39, 0.29) is 17.7 Å². The monoisotopic (exact) mass is 400 g/mol. The zero-order valence-electron chi connectivity index (χ0n) is 16.4. The number of fused-ring (bicyclic) bond motifs is 1. The average molecular weight is 400 g/mol. The summed E-state index contributed by atoms with van der Waals surface area (Å²) in [5.41, 5.74) is 2.09. The second kappa shape index (κ2) is 8.21. The number of carbonyl (C=O) groups is 3. The van der Waals surface area contributed by atoms with Crippen LogP contribution in [0.1, 0.15) is 44.4 Å². The standard InChI is InChI=1S/C24H20N2O4/c1-2-13-30-19-10-5-7-16(14-19)22(27)25-17-8-6-9-18(15-17)26-23(28)20-11-3-4-12-21(20)24(26)29/h3-12,14-15H,2,13H2,1H3,(H,25,27). The van der Waals surface area contributed by atoms with Gasteiger partial charge in [-0.25, -0.2) is 4.90 Å². The lowest BCUT2D eigenvalue weighted by Gasteiger charge is -2.15. The van der Waals surface area contributed by atoms with E-state index in [9.17, 15) is 14.4 Å². The number of amides is 3. The van der Waals surface area contributed by atoms with Crippen molar-refractivity contribution in [1.29, 1.82) is 0 Å². The van der Waals surface area contributed by atoms with Gasteiger partial charge in [-0.2, -0.15) is 0 Å². The summed E-state index contributed by atoms with van der Waals surface area (Å²) in [7, 11) is 0. The minimum Gasteiger partial charge on any atom is -0.494 e. The maximum absolute atomic E-state index is 12.7. The first-order valence-corrected chi connectivity index (χ1v) is 9.70. The molecule has 0 aliphatic carbocycles. The molecule has 6 nitrogen and oxygen atoms in total.